The van der Waals surface area contributed by atoms with Crippen LogP contribution in [-0.4, -0.2) is 23.5 Å². The molecule has 1 amide bonds. The predicted octanol–water partition coefficient (Wildman–Crippen LogP) is 2.98. The molecular weight excluding hydrogens is 280 g/mol. The fraction of sp³-hybridized carbons (Fsp3) is 0.467. The molecule has 0 saturated carbocycles. The molecule has 0 radical (unpaired) electrons. The third kappa shape index (κ3) is 5.89. The van der Waals surface area contributed by atoms with Crippen LogP contribution in [0, 0.1) is 17.0 Å². The largest absolute Gasteiger partial charge is 0.481 e. The average Bonchev–Trinajstić information content (AvgIpc) is 2.36. The van der Waals surface area contributed by atoms with Gasteiger partial charge in [-0.2, -0.15) is 0 Å². The van der Waals surface area contributed by atoms with Crippen LogP contribution < -0.4 is 5.32 Å². The molecule has 4 nitrogen and oxygen atoms in total. The second kappa shape index (κ2) is 7.15. The highest BCUT2D eigenvalue weighted by Crippen LogP contribution is 2.26. The number of carbonyl (C=O) groups is 2. The monoisotopic (exact) mass is 299 g/mol. The summed E-state index contributed by atoms with van der Waals surface area (Å²) < 4.78 is 26.2. The number of nitrogens with one attached hydrogen (secondary N) is 1. The zero-order valence-electron chi connectivity index (χ0n) is 12.1. The van der Waals surface area contributed by atoms with Gasteiger partial charge >= 0.3 is 5.97 Å². The summed E-state index contributed by atoms with van der Waals surface area (Å²) >= 11 is 0. The van der Waals surface area contributed by atoms with E-state index in [1.807, 2.05) is 13.8 Å². The van der Waals surface area contributed by atoms with Crippen LogP contribution in [0.25, 0.3) is 0 Å². The van der Waals surface area contributed by atoms with Gasteiger partial charge < -0.3 is 10.4 Å². The van der Waals surface area contributed by atoms with E-state index in [2.05, 4.69) is 5.32 Å². The molecule has 0 bridgehead atoms. The summed E-state index contributed by atoms with van der Waals surface area (Å²) in [5.74, 6) is -3.11. The molecule has 0 aliphatic carbocycles. The van der Waals surface area contributed by atoms with Crippen LogP contribution in [0.2, 0.25) is 0 Å². The van der Waals surface area contributed by atoms with Crippen LogP contribution >= 0.6 is 0 Å². The first-order valence-electron chi connectivity index (χ1n) is 6.66. The van der Waals surface area contributed by atoms with Gasteiger partial charge in [-0.3, -0.25) is 9.59 Å². The smallest absolute Gasteiger partial charge is 0.303 e. The number of benzene rings is 1. The lowest BCUT2D eigenvalue weighted by molar-refractivity contribution is -0.137. The Balaban J connectivity index is 2.48. The minimum absolute atomic E-state index is 0.0630. The number of carbonyl (C=O) groups excluding carboxylic acids is 1. The van der Waals surface area contributed by atoms with Gasteiger partial charge in [0.2, 0.25) is 0 Å². The van der Waals surface area contributed by atoms with E-state index in [9.17, 15) is 18.4 Å². The lowest BCUT2D eigenvalue weighted by Crippen LogP contribution is -2.29. The van der Waals surface area contributed by atoms with Crippen LogP contribution in [0.3, 0.4) is 0 Å². The summed E-state index contributed by atoms with van der Waals surface area (Å²) in [5.41, 5.74) is -0.452. The van der Waals surface area contributed by atoms with E-state index in [0.717, 1.165) is 12.1 Å². The van der Waals surface area contributed by atoms with Gasteiger partial charge in [-0.25, -0.2) is 8.78 Å². The lowest BCUT2D eigenvalue weighted by atomic mass is 9.84. The molecule has 0 unspecified atom stereocenters. The zero-order chi connectivity index (χ0) is 16.0. The lowest BCUT2D eigenvalue weighted by Gasteiger charge is -2.23. The number of hydrogen-bond donors (Lipinski definition) is 2. The van der Waals surface area contributed by atoms with Gasteiger partial charge in [-0.1, -0.05) is 13.8 Å². The summed E-state index contributed by atoms with van der Waals surface area (Å²) in [6.07, 6.45) is 1.12. The van der Waals surface area contributed by atoms with Crippen molar-refractivity contribution in [1.82, 2.24) is 5.32 Å². The molecule has 0 fully saturated rings. The first-order chi connectivity index (χ1) is 9.71. The Labute approximate surface area is 122 Å². The predicted molar refractivity (Wildman–Crippen MR) is 74.0 cm³/mol. The molecule has 0 atom stereocenters. The maximum absolute atomic E-state index is 13.4. The Kier molecular flexibility index (Phi) is 5.81. The molecule has 0 saturated heterocycles. The molecule has 0 aromatic heterocycles. The first-order valence-corrected chi connectivity index (χ1v) is 6.66. The number of halogens is 2. The molecule has 116 valence electrons. The third-order valence-corrected chi connectivity index (χ3v) is 3.28. The molecular formula is C15H19F2NO3. The Morgan fingerprint density at radius 2 is 1.90 bits per heavy atom. The standard InChI is InChI=1S/C15H19F2NO3/c1-15(2,6-5-13(19)20)7-8-18-14(21)11-4-3-10(16)9-12(11)17/h3-4,9H,5-8H2,1-2H3,(H,18,21)(H,19,20). The maximum atomic E-state index is 13.4. The van der Waals surface area contributed by atoms with Gasteiger partial charge in [-0.15, -0.1) is 0 Å². The van der Waals surface area contributed by atoms with Crippen LogP contribution in [-0.2, 0) is 4.79 Å². The van der Waals surface area contributed by atoms with Crippen molar-refractivity contribution in [2.24, 2.45) is 5.41 Å². The summed E-state index contributed by atoms with van der Waals surface area (Å²) in [7, 11) is 0. The number of hydrogen-bond acceptors (Lipinski definition) is 2. The van der Waals surface area contributed by atoms with E-state index >= 15 is 0 Å². The quantitative estimate of drug-likeness (QED) is 0.813. The van der Waals surface area contributed by atoms with Gasteiger partial charge in [0.1, 0.15) is 11.6 Å². The number of rotatable bonds is 7. The summed E-state index contributed by atoms with van der Waals surface area (Å²) in [6, 6.07) is 2.77. The number of aliphatic carboxylic acids is 1. The molecule has 0 spiro atoms. The normalized spacial score (nSPS) is 11.2. The second-order valence-electron chi connectivity index (χ2n) is 5.69. The van der Waals surface area contributed by atoms with Gasteiger partial charge in [0.25, 0.3) is 5.91 Å². The Morgan fingerprint density at radius 3 is 2.48 bits per heavy atom. The summed E-state index contributed by atoms with van der Waals surface area (Å²) in [6.45, 7) is 4.10. The number of carboxylic acids is 1. The average molecular weight is 299 g/mol. The zero-order valence-corrected chi connectivity index (χ0v) is 12.1. The van der Waals surface area contributed by atoms with Crippen molar-refractivity contribution in [2.45, 2.75) is 33.1 Å². The Bertz CT molecular complexity index is 530. The minimum atomic E-state index is -0.905. The fourth-order valence-electron chi connectivity index (χ4n) is 1.85. The third-order valence-electron chi connectivity index (χ3n) is 3.28. The van der Waals surface area contributed by atoms with E-state index in [1.165, 1.54) is 0 Å². The van der Waals surface area contributed by atoms with Crippen LogP contribution in [0.5, 0.6) is 0 Å². The van der Waals surface area contributed by atoms with Crippen molar-refractivity contribution in [2.75, 3.05) is 6.54 Å². The van der Waals surface area contributed by atoms with Crippen molar-refractivity contribution >= 4 is 11.9 Å². The van der Waals surface area contributed by atoms with Crippen molar-refractivity contribution in [3.05, 3.63) is 35.4 Å². The summed E-state index contributed by atoms with van der Waals surface area (Å²) in [4.78, 5) is 22.3. The topological polar surface area (TPSA) is 66.4 Å². The molecule has 1 aromatic carbocycles. The van der Waals surface area contributed by atoms with E-state index in [0.29, 0.717) is 25.5 Å². The maximum Gasteiger partial charge on any atom is 0.303 e. The Morgan fingerprint density at radius 1 is 1.24 bits per heavy atom. The Hall–Kier alpha value is -1.98. The SMILES string of the molecule is CC(C)(CCNC(=O)c1ccc(F)cc1F)CCC(=O)O. The number of carboxylic acid groups (broad SMARTS) is 1. The van der Waals surface area contributed by atoms with Crippen LogP contribution in [0.4, 0.5) is 8.78 Å². The molecule has 1 rings (SSSR count). The fourth-order valence-corrected chi connectivity index (χ4v) is 1.85. The van der Waals surface area contributed by atoms with E-state index in [4.69, 9.17) is 5.11 Å². The van der Waals surface area contributed by atoms with E-state index in [1.54, 1.807) is 0 Å². The van der Waals surface area contributed by atoms with Crippen molar-refractivity contribution < 1.29 is 23.5 Å². The highest BCUT2D eigenvalue weighted by atomic mass is 19.1. The van der Waals surface area contributed by atoms with Gasteiger partial charge in [0, 0.05) is 19.0 Å². The van der Waals surface area contributed by atoms with Crippen LogP contribution in [0.15, 0.2) is 18.2 Å². The minimum Gasteiger partial charge on any atom is -0.481 e. The van der Waals surface area contributed by atoms with E-state index in [-0.39, 0.29) is 17.4 Å². The van der Waals surface area contributed by atoms with Gasteiger partial charge in [0.15, 0.2) is 0 Å². The van der Waals surface area contributed by atoms with Crippen LogP contribution in [0.1, 0.15) is 43.5 Å². The second-order valence-corrected chi connectivity index (χ2v) is 5.69. The van der Waals surface area contributed by atoms with Crippen molar-refractivity contribution in [3.63, 3.8) is 0 Å². The van der Waals surface area contributed by atoms with Crippen molar-refractivity contribution in [3.8, 4) is 0 Å². The first kappa shape index (κ1) is 17.1. The molecule has 21 heavy (non-hydrogen) atoms. The highest BCUT2D eigenvalue weighted by Gasteiger charge is 2.20. The highest BCUT2D eigenvalue weighted by molar-refractivity contribution is 5.94. The molecule has 2 N–H and O–H groups in total. The molecule has 0 aliphatic heterocycles. The van der Waals surface area contributed by atoms with Gasteiger partial charge in [0.05, 0.1) is 5.56 Å². The molecule has 6 heteroatoms. The van der Waals surface area contributed by atoms with E-state index < -0.39 is 23.5 Å². The van der Waals surface area contributed by atoms with Gasteiger partial charge in [-0.05, 0) is 30.4 Å². The molecule has 1 aromatic rings. The van der Waals surface area contributed by atoms with Crippen molar-refractivity contribution in [1.29, 1.82) is 0 Å². The molecule has 0 aliphatic rings. The summed E-state index contributed by atoms with van der Waals surface area (Å²) in [5, 5.41) is 11.2. The number of amides is 1. The molecule has 0 heterocycles.